The highest BCUT2D eigenvalue weighted by Crippen LogP contribution is 2.03. The first-order valence-electron chi connectivity index (χ1n) is 6.18. The Morgan fingerprint density at radius 1 is 1.22 bits per heavy atom. The molecule has 0 saturated carbocycles. The third-order valence-corrected chi connectivity index (χ3v) is 2.68. The zero-order valence-corrected chi connectivity index (χ0v) is 11.8. The molecule has 0 fully saturated rings. The summed E-state index contributed by atoms with van der Waals surface area (Å²) in [4.78, 5) is 25.7. The van der Waals surface area contributed by atoms with Crippen LogP contribution < -0.4 is 5.32 Å². The largest absolute Gasteiger partial charge is 0.481 e. The molecule has 0 rings (SSSR count). The van der Waals surface area contributed by atoms with Crippen molar-refractivity contribution in [2.45, 2.75) is 19.8 Å². The Morgan fingerprint density at radius 3 is 2.33 bits per heavy atom. The average molecular weight is 259 g/mol. The van der Waals surface area contributed by atoms with E-state index in [1.54, 1.807) is 11.9 Å². The minimum Gasteiger partial charge on any atom is -0.481 e. The topological polar surface area (TPSA) is 72.9 Å². The van der Waals surface area contributed by atoms with Gasteiger partial charge in [0.1, 0.15) is 0 Å². The second-order valence-electron chi connectivity index (χ2n) is 4.95. The van der Waals surface area contributed by atoms with E-state index >= 15 is 0 Å². The van der Waals surface area contributed by atoms with Crippen molar-refractivity contribution >= 4 is 12.0 Å². The fraction of sp³-hybridized carbons (Fsp3) is 0.833. The molecule has 0 aromatic carbocycles. The van der Waals surface area contributed by atoms with E-state index in [0.29, 0.717) is 19.5 Å². The number of nitrogens with zero attached hydrogens (tertiary/aromatic N) is 2. The van der Waals surface area contributed by atoms with Gasteiger partial charge in [-0.05, 0) is 26.4 Å². The van der Waals surface area contributed by atoms with Crippen molar-refractivity contribution in [3.05, 3.63) is 0 Å². The number of carboxylic acid groups (broad SMARTS) is 1. The summed E-state index contributed by atoms with van der Waals surface area (Å²) < 4.78 is 0. The van der Waals surface area contributed by atoms with Crippen LogP contribution in [0.3, 0.4) is 0 Å². The molecule has 0 saturated heterocycles. The SMILES string of the molecule is CC(CCC(=O)O)CNC(=O)N(C)CCN(C)C. The van der Waals surface area contributed by atoms with Crippen LogP contribution in [0.25, 0.3) is 0 Å². The van der Waals surface area contributed by atoms with Crippen LogP contribution in [0.2, 0.25) is 0 Å². The summed E-state index contributed by atoms with van der Waals surface area (Å²) in [5.41, 5.74) is 0. The number of likely N-dealkylation sites (N-methyl/N-ethyl adjacent to an activating group) is 2. The molecule has 2 N–H and O–H groups in total. The van der Waals surface area contributed by atoms with Crippen LogP contribution in [0.5, 0.6) is 0 Å². The summed E-state index contributed by atoms with van der Waals surface area (Å²) in [5.74, 6) is -0.622. The first-order chi connectivity index (χ1) is 8.32. The summed E-state index contributed by atoms with van der Waals surface area (Å²) in [6.07, 6.45) is 0.727. The average Bonchev–Trinajstić information content (AvgIpc) is 2.30. The molecule has 2 amide bonds. The molecule has 0 radical (unpaired) electrons. The molecule has 6 heteroatoms. The highest BCUT2D eigenvalue weighted by Gasteiger charge is 2.10. The van der Waals surface area contributed by atoms with E-state index in [0.717, 1.165) is 6.54 Å². The first-order valence-corrected chi connectivity index (χ1v) is 6.18. The van der Waals surface area contributed by atoms with Crippen LogP contribution in [0.1, 0.15) is 19.8 Å². The Hall–Kier alpha value is -1.30. The van der Waals surface area contributed by atoms with E-state index in [1.165, 1.54) is 0 Å². The van der Waals surface area contributed by atoms with Gasteiger partial charge < -0.3 is 20.2 Å². The van der Waals surface area contributed by atoms with Crippen molar-refractivity contribution in [2.75, 3.05) is 40.8 Å². The van der Waals surface area contributed by atoms with Crippen LogP contribution in [0.15, 0.2) is 0 Å². The van der Waals surface area contributed by atoms with Crippen molar-refractivity contribution in [1.29, 1.82) is 0 Å². The lowest BCUT2D eigenvalue weighted by Gasteiger charge is -2.21. The molecular weight excluding hydrogens is 234 g/mol. The van der Waals surface area contributed by atoms with Crippen molar-refractivity contribution < 1.29 is 14.7 Å². The molecule has 0 aliphatic heterocycles. The van der Waals surface area contributed by atoms with Gasteiger partial charge in [0.05, 0.1) is 0 Å². The van der Waals surface area contributed by atoms with E-state index in [1.807, 2.05) is 25.9 Å². The molecule has 6 nitrogen and oxygen atoms in total. The number of hydrogen-bond donors (Lipinski definition) is 2. The van der Waals surface area contributed by atoms with Crippen LogP contribution >= 0.6 is 0 Å². The maximum Gasteiger partial charge on any atom is 0.317 e. The van der Waals surface area contributed by atoms with Crippen LogP contribution in [0.4, 0.5) is 4.79 Å². The molecule has 1 unspecified atom stereocenters. The normalized spacial score (nSPS) is 12.3. The smallest absolute Gasteiger partial charge is 0.317 e. The fourth-order valence-corrected chi connectivity index (χ4v) is 1.32. The lowest BCUT2D eigenvalue weighted by Crippen LogP contribution is -2.42. The number of carbonyl (C=O) groups is 2. The molecule has 0 aliphatic carbocycles. The van der Waals surface area contributed by atoms with Crippen LogP contribution in [-0.2, 0) is 4.79 Å². The third-order valence-electron chi connectivity index (χ3n) is 2.68. The molecule has 0 spiro atoms. The Kier molecular flexibility index (Phi) is 8.11. The summed E-state index contributed by atoms with van der Waals surface area (Å²) in [5, 5.41) is 11.4. The predicted octanol–water partition coefficient (Wildman–Crippen LogP) is 0.690. The van der Waals surface area contributed by atoms with Crippen molar-refractivity contribution in [1.82, 2.24) is 15.1 Å². The predicted molar refractivity (Wildman–Crippen MR) is 70.6 cm³/mol. The third kappa shape index (κ3) is 8.81. The van der Waals surface area contributed by atoms with Gasteiger partial charge in [-0.1, -0.05) is 6.92 Å². The quantitative estimate of drug-likeness (QED) is 0.672. The van der Waals surface area contributed by atoms with Gasteiger partial charge in [0.2, 0.25) is 0 Å². The summed E-state index contributed by atoms with van der Waals surface area (Å²) in [6, 6.07) is -0.112. The Labute approximate surface area is 109 Å². The molecule has 0 bridgehead atoms. The highest BCUT2D eigenvalue weighted by atomic mass is 16.4. The number of urea groups is 1. The van der Waals surface area contributed by atoms with Crippen LogP contribution in [-0.4, -0.2) is 67.7 Å². The molecule has 106 valence electrons. The highest BCUT2D eigenvalue weighted by molar-refractivity contribution is 5.73. The second kappa shape index (κ2) is 8.74. The van der Waals surface area contributed by atoms with Gasteiger partial charge in [-0.25, -0.2) is 4.79 Å². The fourth-order valence-electron chi connectivity index (χ4n) is 1.32. The number of carbonyl (C=O) groups excluding carboxylic acids is 1. The molecule has 1 atom stereocenters. The Balaban J connectivity index is 3.77. The maximum absolute atomic E-state index is 11.7. The Bertz CT molecular complexity index is 269. The Morgan fingerprint density at radius 2 is 1.83 bits per heavy atom. The number of nitrogens with one attached hydrogen (secondary N) is 1. The number of amides is 2. The number of rotatable bonds is 8. The van der Waals surface area contributed by atoms with E-state index in [4.69, 9.17) is 5.11 Å². The van der Waals surface area contributed by atoms with Gasteiger partial charge in [0, 0.05) is 33.1 Å². The molecular formula is C12H25N3O3. The van der Waals surface area contributed by atoms with E-state index in [2.05, 4.69) is 5.32 Å². The minimum atomic E-state index is -0.795. The standard InChI is InChI=1S/C12H25N3O3/c1-10(5-6-11(16)17)9-13-12(18)15(4)8-7-14(2)3/h10H,5-9H2,1-4H3,(H,13,18)(H,16,17). The summed E-state index contributed by atoms with van der Waals surface area (Å²) in [7, 11) is 5.67. The monoisotopic (exact) mass is 259 g/mol. The van der Waals surface area contributed by atoms with Gasteiger partial charge in [-0.3, -0.25) is 4.79 Å². The lowest BCUT2D eigenvalue weighted by molar-refractivity contribution is -0.137. The van der Waals surface area contributed by atoms with Crippen molar-refractivity contribution in [2.24, 2.45) is 5.92 Å². The molecule has 0 aromatic rings. The van der Waals surface area contributed by atoms with E-state index in [9.17, 15) is 9.59 Å². The summed E-state index contributed by atoms with van der Waals surface area (Å²) >= 11 is 0. The van der Waals surface area contributed by atoms with Gasteiger partial charge >= 0.3 is 12.0 Å². The van der Waals surface area contributed by atoms with Crippen molar-refractivity contribution in [3.63, 3.8) is 0 Å². The van der Waals surface area contributed by atoms with Gasteiger partial charge in [0.25, 0.3) is 0 Å². The lowest BCUT2D eigenvalue weighted by atomic mass is 10.1. The van der Waals surface area contributed by atoms with E-state index in [-0.39, 0.29) is 18.4 Å². The maximum atomic E-state index is 11.7. The molecule has 0 aromatic heterocycles. The van der Waals surface area contributed by atoms with Gasteiger partial charge in [-0.15, -0.1) is 0 Å². The zero-order chi connectivity index (χ0) is 14.1. The van der Waals surface area contributed by atoms with Gasteiger partial charge in [-0.2, -0.15) is 0 Å². The van der Waals surface area contributed by atoms with Crippen molar-refractivity contribution in [3.8, 4) is 0 Å². The molecule has 0 aliphatic rings. The second-order valence-corrected chi connectivity index (χ2v) is 4.95. The molecule has 18 heavy (non-hydrogen) atoms. The van der Waals surface area contributed by atoms with E-state index < -0.39 is 5.97 Å². The van der Waals surface area contributed by atoms with Crippen LogP contribution in [0, 0.1) is 5.92 Å². The number of hydrogen-bond acceptors (Lipinski definition) is 3. The molecule has 0 heterocycles. The number of aliphatic carboxylic acids is 1. The zero-order valence-electron chi connectivity index (χ0n) is 11.8. The minimum absolute atomic E-state index is 0.112. The first kappa shape index (κ1) is 16.7. The number of carboxylic acids is 1. The summed E-state index contributed by atoms with van der Waals surface area (Å²) in [6.45, 7) is 3.93. The van der Waals surface area contributed by atoms with Gasteiger partial charge in [0.15, 0.2) is 0 Å².